The summed E-state index contributed by atoms with van der Waals surface area (Å²) < 4.78 is 6.60. The third-order valence-corrected chi connectivity index (χ3v) is 6.47. The number of piperidine rings is 2. The van der Waals surface area contributed by atoms with Gasteiger partial charge >= 0.3 is 0 Å². The van der Waals surface area contributed by atoms with Crippen LogP contribution in [0.1, 0.15) is 57.9 Å². The molecule has 0 spiro atoms. The standard InChI is InChI=1S/C22H35N3O/c1-17(2)15-24-10-7-21(8-11-24)26-22-12-19-5-6-20(13-22)25(19)16-18-4-3-9-23-14-18/h3-4,9,14,17,19-22H,5-8,10-13,15-16H2,1-2H3/t19-,20+,22?. The summed E-state index contributed by atoms with van der Waals surface area (Å²) in [4.78, 5) is 9.62. The summed E-state index contributed by atoms with van der Waals surface area (Å²) in [6, 6.07) is 5.68. The molecule has 26 heavy (non-hydrogen) atoms. The van der Waals surface area contributed by atoms with Crippen LogP contribution in [0, 0.1) is 5.92 Å². The van der Waals surface area contributed by atoms with E-state index in [1.54, 1.807) is 0 Å². The zero-order chi connectivity index (χ0) is 17.9. The van der Waals surface area contributed by atoms with E-state index in [1.807, 2.05) is 12.4 Å². The maximum Gasteiger partial charge on any atom is 0.0608 e. The number of likely N-dealkylation sites (tertiary alicyclic amines) is 1. The molecule has 3 saturated heterocycles. The van der Waals surface area contributed by atoms with Gasteiger partial charge in [-0.15, -0.1) is 0 Å². The molecule has 3 aliphatic heterocycles. The minimum absolute atomic E-state index is 0.485. The van der Waals surface area contributed by atoms with Gasteiger partial charge in [-0.3, -0.25) is 9.88 Å². The molecular formula is C22H35N3O. The third-order valence-electron chi connectivity index (χ3n) is 6.47. The molecule has 0 aromatic carbocycles. The van der Waals surface area contributed by atoms with Crippen LogP contribution in [0.5, 0.6) is 0 Å². The lowest BCUT2D eigenvalue weighted by Crippen LogP contribution is -2.47. The molecule has 0 saturated carbocycles. The minimum Gasteiger partial charge on any atom is -0.375 e. The molecule has 1 aromatic heterocycles. The highest BCUT2D eigenvalue weighted by atomic mass is 16.5. The summed E-state index contributed by atoms with van der Waals surface area (Å²) in [6.07, 6.45) is 12.4. The average molecular weight is 358 g/mol. The molecule has 3 aliphatic rings. The monoisotopic (exact) mass is 357 g/mol. The van der Waals surface area contributed by atoms with Gasteiger partial charge in [0.2, 0.25) is 0 Å². The maximum atomic E-state index is 6.60. The second kappa shape index (κ2) is 8.37. The van der Waals surface area contributed by atoms with Gasteiger partial charge in [-0.05, 0) is 56.1 Å². The summed E-state index contributed by atoms with van der Waals surface area (Å²) in [5.74, 6) is 0.771. The van der Waals surface area contributed by atoms with E-state index in [9.17, 15) is 0 Å². The average Bonchev–Trinajstić information content (AvgIpc) is 2.86. The lowest BCUT2D eigenvalue weighted by molar-refractivity contribution is -0.0811. The van der Waals surface area contributed by atoms with E-state index in [4.69, 9.17) is 4.74 Å². The first-order chi connectivity index (χ1) is 12.7. The van der Waals surface area contributed by atoms with Crippen LogP contribution in [0.15, 0.2) is 24.5 Å². The normalized spacial score (nSPS) is 31.0. The van der Waals surface area contributed by atoms with Crippen LogP contribution in [-0.2, 0) is 11.3 Å². The Bertz CT molecular complexity index is 542. The zero-order valence-electron chi connectivity index (χ0n) is 16.5. The first-order valence-corrected chi connectivity index (χ1v) is 10.7. The molecule has 144 valence electrons. The summed E-state index contributed by atoms with van der Waals surface area (Å²) >= 11 is 0. The Labute approximate surface area is 158 Å². The molecule has 4 nitrogen and oxygen atoms in total. The molecule has 4 heterocycles. The molecule has 0 aliphatic carbocycles. The second-order valence-corrected chi connectivity index (χ2v) is 9.04. The molecular weight excluding hydrogens is 322 g/mol. The third kappa shape index (κ3) is 4.47. The van der Waals surface area contributed by atoms with Crippen molar-refractivity contribution in [3.63, 3.8) is 0 Å². The highest BCUT2D eigenvalue weighted by Crippen LogP contribution is 2.38. The molecule has 0 amide bonds. The lowest BCUT2D eigenvalue weighted by Gasteiger charge is -2.41. The fourth-order valence-corrected chi connectivity index (χ4v) is 5.31. The molecule has 3 atom stereocenters. The predicted octanol–water partition coefficient (Wildman–Crippen LogP) is 3.71. The number of hydrogen-bond donors (Lipinski definition) is 0. The van der Waals surface area contributed by atoms with Crippen molar-refractivity contribution < 1.29 is 4.74 Å². The Morgan fingerprint density at radius 3 is 2.42 bits per heavy atom. The van der Waals surface area contributed by atoms with Gasteiger partial charge in [-0.1, -0.05) is 19.9 Å². The molecule has 2 bridgehead atoms. The fourth-order valence-electron chi connectivity index (χ4n) is 5.31. The molecule has 0 N–H and O–H groups in total. The number of rotatable bonds is 6. The largest absolute Gasteiger partial charge is 0.375 e. The predicted molar refractivity (Wildman–Crippen MR) is 105 cm³/mol. The van der Waals surface area contributed by atoms with Gasteiger partial charge in [0.05, 0.1) is 12.2 Å². The van der Waals surface area contributed by atoms with Crippen molar-refractivity contribution in [2.75, 3.05) is 19.6 Å². The Hall–Kier alpha value is -0.970. The van der Waals surface area contributed by atoms with E-state index in [1.165, 1.54) is 63.7 Å². The highest BCUT2D eigenvalue weighted by molar-refractivity contribution is 5.10. The molecule has 4 heteroatoms. The first-order valence-electron chi connectivity index (χ1n) is 10.7. The molecule has 1 unspecified atom stereocenters. The highest BCUT2D eigenvalue weighted by Gasteiger charge is 2.41. The van der Waals surface area contributed by atoms with Crippen molar-refractivity contribution in [3.05, 3.63) is 30.1 Å². The van der Waals surface area contributed by atoms with Crippen LogP contribution in [0.25, 0.3) is 0 Å². The SMILES string of the molecule is CC(C)CN1CCC(OC2C[C@H]3CC[C@@H](C2)N3Cc2cccnc2)CC1. The topological polar surface area (TPSA) is 28.6 Å². The first kappa shape index (κ1) is 18.4. The van der Waals surface area contributed by atoms with Gasteiger partial charge < -0.3 is 9.64 Å². The maximum absolute atomic E-state index is 6.60. The molecule has 3 fully saturated rings. The number of ether oxygens (including phenoxy) is 1. The van der Waals surface area contributed by atoms with E-state index >= 15 is 0 Å². The van der Waals surface area contributed by atoms with Gasteiger partial charge in [0.15, 0.2) is 0 Å². The van der Waals surface area contributed by atoms with Gasteiger partial charge in [0.25, 0.3) is 0 Å². The van der Waals surface area contributed by atoms with Crippen molar-refractivity contribution in [1.29, 1.82) is 0 Å². The summed E-state index contributed by atoms with van der Waals surface area (Å²) in [5.41, 5.74) is 1.35. The molecule has 0 radical (unpaired) electrons. The van der Waals surface area contributed by atoms with E-state index in [-0.39, 0.29) is 0 Å². The Morgan fingerprint density at radius 1 is 1.08 bits per heavy atom. The van der Waals surface area contributed by atoms with Crippen LogP contribution in [-0.4, -0.2) is 58.7 Å². The number of pyridine rings is 1. The molecule has 4 rings (SSSR count). The summed E-state index contributed by atoms with van der Waals surface area (Å²) in [5, 5.41) is 0. The quantitative estimate of drug-likeness (QED) is 0.776. The number of nitrogens with zero attached hydrogens (tertiary/aromatic N) is 3. The summed E-state index contributed by atoms with van der Waals surface area (Å²) in [7, 11) is 0. The second-order valence-electron chi connectivity index (χ2n) is 9.04. The zero-order valence-corrected chi connectivity index (χ0v) is 16.5. The summed E-state index contributed by atoms with van der Waals surface area (Å²) in [6.45, 7) is 9.37. The Kier molecular flexibility index (Phi) is 5.92. The number of aromatic nitrogens is 1. The van der Waals surface area contributed by atoms with Gasteiger partial charge in [0.1, 0.15) is 0 Å². The Balaban J connectivity index is 1.25. The van der Waals surface area contributed by atoms with E-state index in [0.717, 1.165) is 12.5 Å². The van der Waals surface area contributed by atoms with Crippen molar-refractivity contribution in [2.45, 2.75) is 83.2 Å². The van der Waals surface area contributed by atoms with Crippen LogP contribution in [0.4, 0.5) is 0 Å². The van der Waals surface area contributed by atoms with Crippen molar-refractivity contribution in [3.8, 4) is 0 Å². The van der Waals surface area contributed by atoms with Crippen LogP contribution in [0.3, 0.4) is 0 Å². The van der Waals surface area contributed by atoms with Crippen LogP contribution >= 0.6 is 0 Å². The minimum atomic E-state index is 0.485. The van der Waals surface area contributed by atoms with Crippen LogP contribution in [0.2, 0.25) is 0 Å². The van der Waals surface area contributed by atoms with Crippen LogP contribution < -0.4 is 0 Å². The Morgan fingerprint density at radius 2 is 1.81 bits per heavy atom. The van der Waals surface area contributed by atoms with Gasteiger partial charge in [-0.25, -0.2) is 0 Å². The fraction of sp³-hybridized carbons (Fsp3) is 0.773. The van der Waals surface area contributed by atoms with Crippen molar-refractivity contribution >= 4 is 0 Å². The van der Waals surface area contributed by atoms with E-state index in [0.29, 0.717) is 24.3 Å². The smallest absolute Gasteiger partial charge is 0.0608 e. The van der Waals surface area contributed by atoms with E-state index < -0.39 is 0 Å². The number of hydrogen-bond acceptors (Lipinski definition) is 4. The van der Waals surface area contributed by atoms with Crippen molar-refractivity contribution in [2.24, 2.45) is 5.92 Å². The van der Waals surface area contributed by atoms with E-state index in [2.05, 4.69) is 40.8 Å². The van der Waals surface area contributed by atoms with Gasteiger partial charge in [0, 0.05) is 50.7 Å². The lowest BCUT2D eigenvalue weighted by atomic mass is 9.98. The number of fused-ring (bicyclic) bond motifs is 2. The van der Waals surface area contributed by atoms with Crippen molar-refractivity contribution in [1.82, 2.24) is 14.8 Å². The van der Waals surface area contributed by atoms with Gasteiger partial charge in [-0.2, -0.15) is 0 Å². The molecule has 1 aromatic rings.